The molecule has 2 unspecified atom stereocenters. The van der Waals surface area contributed by atoms with Gasteiger partial charge in [-0.1, -0.05) is 6.92 Å². The lowest BCUT2D eigenvalue weighted by atomic mass is 10.1. The molecule has 0 amide bonds. The summed E-state index contributed by atoms with van der Waals surface area (Å²) in [6.45, 7) is 3.34. The first kappa shape index (κ1) is 9.16. The van der Waals surface area contributed by atoms with E-state index in [9.17, 15) is 0 Å². The molecule has 0 radical (unpaired) electrons. The largest absolute Gasteiger partial charge is 0.309 e. The summed E-state index contributed by atoms with van der Waals surface area (Å²) in [7, 11) is 0. The van der Waals surface area contributed by atoms with E-state index in [4.69, 9.17) is 0 Å². The minimum Gasteiger partial charge on any atom is -0.309 e. The van der Waals surface area contributed by atoms with Gasteiger partial charge < -0.3 is 5.32 Å². The predicted molar refractivity (Wildman–Crippen MR) is 55.8 cm³/mol. The molecule has 1 fully saturated rings. The maximum absolute atomic E-state index is 4.06. The van der Waals surface area contributed by atoms with Gasteiger partial charge in [-0.05, 0) is 25.2 Å². The Morgan fingerprint density at radius 2 is 2.54 bits per heavy atom. The molecule has 72 valence electrons. The minimum atomic E-state index is 0.747. The second-order valence-corrected chi connectivity index (χ2v) is 4.93. The van der Waals surface area contributed by atoms with E-state index in [0.29, 0.717) is 0 Å². The zero-order valence-corrected chi connectivity index (χ0v) is 8.81. The van der Waals surface area contributed by atoms with Gasteiger partial charge in [0.25, 0.3) is 0 Å². The smallest absolute Gasteiger partial charge is 0.0794 e. The second kappa shape index (κ2) is 4.20. The fourth-order valence-electron chi connectivity index (χ4n) is 1.97. The van der Waals surface area contributed by atoms with Crippen LogP contribution in [0.1, 0.15) is 31.1 Å². The molecule has 1 aliphatic rings. The van der Waals surface area contributed by atoms with E-state index in [-0.39, 0.29) is 0 Å². The van der Waals surface area contributed by atoms with Crippen molar-refractivity contribution < 1.29 is 0 Å². The number of aromatic nitrogens is 1. The molecule has 2 atom stereocenters. The highest BCUT2D eigenvalue weighted by molar-refractivity contribution is 7.09. The Bertz CT molecular complexity index is 245. The summed E-state index contributed by atoms with van der Waals surface area (Å²) >= 11 is 1.73. The molecule has 1 aromatic rings. The number of nitrogens with zero attached hydrogens (tertiary/aromatic N) is 1. The molecular formula is C10H16N2S. The third-order valence-electron chi connectivity index (χ3n) is 2.74. The quantitative estimate of drug-likeness (QED) is 0.803. The average Bonchev–Trinajstić information content (AvgIpc) is 2.71. The molecule has 1 aromatic heterocycles. The molecule has 0 bridgehead atoms. The van der Waals surface area contributed by atoms with Crippen LogP contribution in [0.15, 0.2) is 11.7 Å². The summed E-state index contributed by atoms with van der Waals surface area (Å²) in [5.74, 6) is 0.916. The molecular weight excluding hydrogens is 180 g/mol. The summed E-state index contributed by atoms with van der Waals surface area (Å²) in [6.07, 6.45) is 6.04. The standard InChI is InChI=1S/C10H16N2S/c1-8-2-3-9(4-8)12-6-10-5-11-7-13-10/h5,7-9,12H,2-4,6H2,1H3. The normalized spacial score (nSPS) is 28.1. The molecule has 3 heteroatoms. The Labute approximate surface area is 83.4 Å². The first-order valence-electron chi connectivity index (χ1n) is 4.95. The van der Waals surface area contributed by atoms with Gasteiger partial charge in [0.2, 0.25) is 0 Å². The first-order valence-corrected chi connectivity index (χ1v) is 5.83. The van der Waals surface area contributed by atoms with Gasteiger partial charge in [0, 0.05) is 23.7 Å². The maximum Gasteiger partial charge on any atom is 0.0794 e. The Balaban J connectivity index is 1.74. The molecule has 1 heterocycles. The highest BCUT2D eigenvalue weighted by Gasteiger charge is 2.20. The molecule has 1 aliphatic carbocycles. The van der Waals surface area contributed by atoms with Crippen molar-refractivity contribution in [3.63, 3.8) is 0 Å². The van der Waals surface area contributed by atoms with Crippen molar-refractivity contribution >= 4 is 11.3 Å². The Kier molecular flexibility index (Phi) is 2.96. The molecule has 0 aromatic carbocycles. The molecule has 2 rings (SSSR count). The highest BCUT2D eigenvalue weighted by Crippen LogP contribution is 2.24. The van der Waals surface area contributed by atoms with Gasteiger partial charge in [0.15, 0.2) is 0 Å². The van der Waals surface area contributed by atoms with Gasteiger partial charge in [-0.2, -0.15) is 0 Å². The Morgan fingerprint density at radius 1 is 1.62 bits per heavy atom. The highest BCUT2D eigenvalue weighted by atomic mass is 32.1. The number of rotatable bonds is 3. The van der Waals surface area contributed by atoms with E-state index in [2.05, 4.69) is 17.2 Å². The number of thiazole rings is 1. The molecule has 1 N–H and O–H groups in total. The first-order chi connectivity index (χ1) is 6.34. The van der Waals surface area contributed by atoms with Crippen LogP contribution in [0.2, 0.25) is 0 Å². The van der Waals surface area contributed by atoms with Crippen molar-refractivity contribution in [2.45, 2.75) is 38.8 Å². The molecule has 0 saturated heterocycles. The van der Waals surface area contributed by atoms with Crippen LogP contribution in [0.5, 0.6) is 0 Å². The Morgan fingerprint density at radius 3 is 3.15 bits per heavy atom. The van der Waals surface area contributed by atoms with Gasteiger partial charge in [0.1, 0.15) is 0 Å². The van der Waals surface area contributed by atoms with E-state index >= 15 is 0 Å². The van der Waals surface area contributed by atoms with Crippen molar-refractivity contribution in [3.8, 4) is 0 Å². The van der Waals surface area contributed by atoms with Crippen LogP contribution >= 0.6 is 11.3 Å². The monoisotopic (exact) mass is 196 g/mol. The summed E-state index contributed by atoms with van der Waals surface area (Å²) in [4.78, 5) is 5.41. The summed E-state index contributed by atoms with van der Waals surface area (Å²) in [6, 6.07) is 0.747. The fraction of sp³-hybridized carbons (Fsp3) is 0.700. The average molecular weight is 196 g/mol. The van der Waals surface area contributed by atoms with Gasteiger partial charge in [-0.15, -0.1) is 11.3 Å². The van der Waals surface area contributed by atoms with Crippen molar-refractivity contribution in [2.75, 3.05) is 0 Å². The van der Waals surface area contributed by atoms with Crippen LogP contribution in [0.4, 0.5) is 0 Å². The lowest BCUT2D eigenvalue weighted by Gasteiger charge is -2.10. The van der Waals surface area contributed by atoms with Crippen LogP contribution in [0, 0.1) is 5.92 Å². The summed E-state index contributed by atoms with van der Waals surface area (Å²) in [5, 5.41) is 3.58. The number of hydrogen-bond acceptors (Lipinski definition) is 3. The van der Waals surface area contributed by atoms with E-state index < -0.39 is 0 Å². The second-order valence-electron chi connectivity index (χ2n) is 3.96. The van der Waals surface area contributed by atoms with Gasteiger partial charge in [-0.25, -0.2) is 0 Å². The molecule has 13 heavy (non-hydrogen) atoms. The summed E-state index contributed by atoms with van der Waals surface area (Å²) in [5.41, 5.74) is 1.90. The zero-order valence-electron chi connectivity index (χ0n) is 7.99. The van der Waals surface area contributed by atoms with Crippen LogP contribution in [-0.4, -0.2) is 11.0 Å². The van der Waals surface area contributed by atoms with Crippen LogP contribution < -0.4 is 5.32 Å². The van der Waals surface area contributed by atoms with Gasteiger partial charge in [-0.3, -0.25) is 4.98 Å². The van der Waals surface area contributed by atoms with E-state index in [0.717, 1.165) is 18.5 Å². The SMILES string of the molecule is CC1CCC(NCc2cncs2)C1. The fourth-order valence-corrected chi connectivity index (χ4v) is 2.51. The third-order valence-corrected chi connectivity index (χ3v) is 3.52. The Hall–Kier alpha value is -0.410. The lowest BCUT2D eigenvalue weighted by molar-refractivity contribution is 0.504. The van der Waals surface area contributed by atoms with Crippen LogP contribution in [0.3, 0.4) is 0 Å². The van der Waals surface area contributed by atoms with E-state index in [1.165, 1.54) is 24.1 Å². The third kappa shape index (κ3) is 2.51. The van der Waals surface area contributed by atoms with E-state index in [1.807, 2.05) is 11.7 Å². The number of hydrogen-bond donors (Lipinski definition) is 1. The van der Waals surface area contributed by atoms with Crippen molar-refractivity contribution in [1.82, 2.24) is 10.3 Å². The van der Waals surface area contributed by atoms with Gasteiger partial charge >= 0.3 is 0 Å². The predicted octanol–water partition coefficient (Wildman–Crippen LogP) is 2.42. The molecule has 2 nitrogen and oxygen atoms in total. The zero-order chi connectivity index (χ0) is 9.10. The molecule has 0 aliphatic heterocycles. The summed E-state index contributed by atoms with van der Waals surface area (Å²) < 4.78 is 0. The lowest BCUT2D eigenvalue weighted by Crippen LogP contribution is -2.25. The van der Waals surface area contributed by atoms with Gasteiger partial charge in [0.05, 0.1) is 5.51 Å². The van der Waals surface area contributed by atoms with Crippen molar-refractivity contribution in [3.05, 3.63) is 16.6 Å². The van der Waals surface area contributed by atoms with Crippen LogP contribution in [-0.2, 0) is 6.54 Å². The molecule has 1 saturated carbocycles. The van der Waals surface area contributed by atoms with Crippen molar-refractivity contribution in [1.29, 1.82) is 0 Å². The number of nitrogens with one attached hydrogen (secondary N) is 1. The minimum absolute atomic E-state index is 0.747. The topological polar surface area (TPSA) is 24.9 Å². The van der Waals surface area contributed by atoms with Crippen molar-refractivity contribution in [2.24, 2.45) is 5.92 Å². The maximum atomic E-state index is 4.06. The van der Waals surface area contributed by atoms with E-state index in [1.54, 1.807) is 11.3 Å². The van der Waals surface area contributed by atoms with Crippen LogP contribution in [0.25, 0.3) is 0 Å². The molecule has 0 spiro atoms.